The zero-order chi connectivity index (χ0) is 12.3. The first-order chi connectivity index (χ1) is 8.20. The summed E-state index contributed by atoms with van der Waals surface area (Å²) in [4.78, 5) is 9.22. The fraction of sp³-hybridized carbons (Fsp3) is 0.500. The van der Waals surface area contributed by atoms with Crippen LogP contribution in [0.25, 0.3) is 0 Å². The molecule has 0 spiro atoms. The number of piperazine rings is 1. The molecule has 0 atom stereocenters. The predicted molar refractivity (Wildman–Crippen MR) is 74.7 cm³/mol. The lowest BCUT2D eigenvalue weighted by atomic mass is 10.1. The standard InChI is InChI=1S/C14H21N3/c1-4-15-14-11-13(6-5-12(14)2)17-9-7-16(3)8-10-17/h4-6,11H,7-10H2,1-3H3. The van der Waals surface area contributed by atoms with Gasteiger partial charge in [0.15, 0.2) is 0 Å². The summed E-state index contributed by atoms with van der Waals surface area (Å²) in [6.45, 7) is 8.56. The Bertz CT molecular complexity index is 404. The molecular formula is C14H21N3. The maximum absolute atomic E-state index is 4.41. The molecule has 1 fully saturated rings. The molecule has 1 aromatic carbocycles. The van der Waals surface area contributed by atoms with Crippen LogP contribution >= 0.6 is 0 Å². The van der Waals surface area contributed by atoms with E-state index in [1.165, 1.54) is 11.3 Å². The average molecular weight is 231 g/mol. The fourth-order valence-electron chi connectivity index (χ4n) is 2.14. The first-order valence-corrected chi connectivity index (χ1v) is 6.23. The van der Waals surface area contributed by atoms with E-state index in [9.17, 15) is 0 Å². The van der Waals surface area contributed by atoms with E-state index in [1.54, 1.807) is 0 Å². The summed E-state index contributed by atoms with van der Waals surface area (Å²) in [6.07, 6.45) is 1.86. The van der Waals surface area contributed by atoms with E-state index >= 15 is 0 Å². The topological polar surface area (TPSA) is 18.8 Å². The minimum absolute atomic E-state index is 1.09. The van der Waals surface area contributed by atoms with Crippen LogP contribution in [0.4, 0.5) is 11.4 Å². The van der Waals surface area contributed by atoms with Gasteiger partial charge in [-0.2, -0.15) is 0 Å². The van der Waals surface area contributed by atoms with Gasteiger partial charge in [-0.15, -0.1) is 0 Å². The van der Waals surface area contributed by atoms with Gasteiger partial charge in [-0.1, -0.05) is 6.07 Å². The fourth-order valence-corrected chi connectivity index (χ4v) is 2.14. The van der Waals surface area contributed by atoms with E-state index in [2.05, 4.69) is 47.0 Å². The highest BCUT2D eigenvalue weighted by molar-refractivity contribution is 5.66. The third kappa shape index (κ3) is 2.86. The van der Waals surface area contributed by atoms with Crippen molar-refractivity contribution in [3.63, 3.8) is 0 Å². The van der Waals surface area contributed by atoms with Gasteiger partial charge in [-0.3, -0.25) is 4.99 Å². The van der Waals surface area contributed by atoms with Crippen LogP contribution in [0.1, 0.15) is 12.5 Å². The Morgan fingerprint density at radius 2 is 1.88 bits per heavy atom. The minimum Gasteiger partial charge on any atom is -0.369 e. The van der Waals surface area contributed by atoms with E-state index in [4.69, 9.17) is 0 Å². The maximum atomic E-state index is 4.41. The Morgan fingerprint density at radius 1 is 1.18 bits per heavy atom. The van der Waals surface area contributed by atoms with Crippen LogP contribution in [0.3, 0.4) is 0 Å². The first-order valence-electron chi connectivity index (χ1n) is 6.23. The van der Waals surface area contributed by atoms with Crippen LogP contribution in [-0.2, 0) is 0 Å². The molecule has 0 bridgehead atoms. The number of aliphatic imine (C=N–C) groups is 1. The van der Waals surface area contributed by atoms with Gasteiger partial charge >= 0.3 is 0 Å². The monoisotopic (exact) mass is 231 g/mol. The van der Waals surface area contributed by atoms with Gasteiger partial charge in [-0.05, 0) is 38.6 Å². The van der Waals surface area contributed by atoms with Crippen molar-refractivity contribution in [2.24, 2.45) is 4.99 Å². The van der Waals surface area contributed by atoms with Crippen molar-refractivity contribution in [2.45, 2.75) is 13.8 Å². The highest BCUT2D eigenvalue weighted by atomic mass is 15.2. The molecule has 3 nitrogen and oxygen atoms in total. The molecule has 92 valence electrons. The van der Waals surface area contributed by atoms with Crippen molar-refractivity contribution < 1.29 is 0 Å². The Kier molecular flexibility index (Phi) is 3.79. The Labute approximate surface area is 104 Å². The molecule has 1 aliphatic heterocycles. The Balaban J connectivity index is 2.18. The predicted octanol–water partition coefficient (Wildman–Crippen LogP) is 2.47. The molecule has 0 unspecified atom stereocenters. The molecule has 0 N–H and O–H groups in total. The zero-order valence-electron chi connectivity index (χ0n) is 11.0. The van der Waals surface area contributed by atoms with Crippen LogP contribution in [0, 0.1) is 6.92 Å². The highest BCUT2D eigenvalue weighted by Gasteiger charge is 2.14. The molecule has 0 aliphatic carbocycles. The van der Waals surface area contributed by atoms with Crippen molar-refractivity contribution in [1.82, 2.24) is 4.90 Å². The normalized spacial score (nSPS) is 17.9. The van der Waals surface area contributed by atoms with E-state index in [0.29, 0.717) is 0 Å². The van der Waals surface area contributed by atoms with E-state index < -0.39 is 0 Å². The number of nitrogens with zero attached hydrogens (tertiary/aromatic N) is 3. The lowest BCUT2D eigenvalue weighted by molar-refractivity contribution is 0.313. The highest BCUT2D eigenvalue weighted by Crippen LogP contribution is 2.26. The summed E-state index contributed by atoms with van der Waals surface area (Å²) >= 11 is 0. The quantitative estimate of drug-likeness (QED) is 0.728. The van der Waals surface area contributed by atoms with Crippen LogP contribution < -0.4 is 4.90 Å². The molecule has 0 aromatic heterocycles. The lowest BCUT2D eigenvalue weighted by Gasteiger charge is -2.34. The number of benzene rings is 1. The van der Waals surface area contributed by atoms with Crippen LogP contribution in [-0.4, -0.2) is 44.3 Å². The molecule has 3 heteroatoms. The summed E-state index contributed by atoms with van der Waals surface area (Å²) in [5.41, 5.74) is 3.62. The van der Waals surface area contributed by atoms with Crippen LogP contribution in [0.15, 0.2) is 23.2 Å². The van der Waals surface area contributed by atoms with Crippen molar-refractivity contribution in [3.8, 4) is 0 Å². The molecule has 2 rings (SSSR count). The molecule has 0 saturated carbocycles. The molecule has 0 radical (unpaired) electrons. The average Bonchev–Trinajstić information content (AvgIpc) is 2.33. The number of hydrogen-bond acceptors (Lipinski definition) is 3. The van der Waals surface area contributed by atoms with Crippen molar-refractivity contribution in [3.05, 3.63) is 23.8 Å². The van der Waals surface area contributed by atoms with Gasteiger partial charge in [0.1, 0.15) is 0 Å². The number of hydrogen-bond donors (Lipinski definition) is 0. The van der Waals surface area contributed by atoms with Gasteiger partial charge in [0, 0.05) is 38.1 Å². The van der Waals surface area contributed by atoms with Gasteiger partial charge < -0.3 is 9.80 Å². The van der Waals surface area contributed by atoms with Gasteiger partial charge in [-0.25, -0.2) is 0 Å². The molecule has 1 aliphatic rings. The molecule has 1 aromatic rings. The first kappa shape index (κ1) is 12.1. The number of anilines is 1. The van der Waals surface area contributed by atoms with Crippen LogP contribution in [0.2, 0.25) is 0 Å². The number of likely N-dealkylation sites (N-methyl/N-ethyl adjacent to an activating group) is 1. The van der Waals surface area contributed by atoms with Gasteiger partial charge in [0.2, 0.25) is 0 Å². The number of aryl methyl sites for hydroxylation is 1. The third-order valence-electron chi connectivity index (χ3n) is 3.33. The van der Waals surface area contributed by atoms with Crippen molar-refractivity contribution in [2.75, 3.05) is 38.1 Å². The Morgan fingerprint density at radius 3 is 2.53 bits per heavy atom. The second kappa shape index (κ2) is 5.32. The maximum Gasteiger partial charge on any atom is 0.0675 e. The summed E-state index contributed by atoms with van der Waals surface area (Å²) in [5, 5.41) is 0. The lowest BCUT2D eigenvalue weighted by Crippen LogP contribution is -2.44. The van der Waals surface area contributed by atoms with Gasteiger partial charge in [0.05, 0.1) is 5.69 Å². The van der Waals surface area contributed by atoms with E-state index in [1.807, 2.05) is 13.1 Å². The minimum atomic E-state index is 1.09. The summed E-state index contributed by atoms with van der Waals surface area (Å²) in [7, 11) is 2.18. The smallest absolute Gasteiger partial charge is 0.0675 e. The molecule has 17 heavy (non-hydrogen) atoms. The van der Waals surface area contributed by atoms with Crippen molar-refractivity contribution >= 4 is 17.6 Å². The van der Waals surface area contributed by atoms with Crippen LogP contribution in [0.5, 0.6) is 0 Å². The second-order valence-corrected chi connectivity index (χ2v) is 4.65. The Hall–Kier alpha value is -1.35. The summed E-state index contributed by atoms with van der Waals surface area (Å²) < 4.78 is 0. The van der Waals surface area contributed by atoms with E-state index in [-0.39, 0.29) is 0 Å². The summed E-state index contributed by atoms with van der Waals surface area (Å²) in [6, 6.07) is 6.56. The van der Waals surface area contributed by atoms with Crippen molar-refractivity contribution in [1.29, 1.82) is 0 Å². The summed E-state index contributed by atoms with van der Waals surface area (Å²) in [5.74, 6) is 0. The largest absolute Gasteiger partial charge is 0.369 e. The molecule has 1 heterocycles. The molecule has 0 amide bonds. The third-order valence-corrected chi connectivity index (χ3v) is 3.33. The van der Waals surface area contributed by atoms with Gasteiger partial charge in [0.25, 0.3) is 0 Å². The number of rotatable bonds is 2. The van der Waals surface area contributed by atoms with E-state index in [0.717, 1.165) is 31.9 Å². The second-order valence-electron chi connectivity index (χ2n) is 4.65. The molecule has 1 saturated heterocycles. The SMILES string of the molecule is CC=Nc1cc(N2CCN(C)CC2)ccc1C. The zero-order valence-corrected chi connectivity index (χ0v) is 11.0. The molecular weight excluding hydrogens is 210 g/mol.